The second-order valence-corrected chi connectivity index (χ2v) is 13.4. The van der Waals surface area contributed by atoms with E-state index in [2.05, 4.69) is 13.0 Å². The Bertz CT molecular complexity index is 1380. The number of amides is 3. The van der Waals surface area contributed by atoms with Crippen LogP contribution >= 0.6 is 11.8 Å². The average molecular weight is 572 g/mol. The van der Waals surface area contributed by atoms with Gasteiger partial charge in [0.25, 0.3) is 0 Å². The highest BCUT2D eigenvalue weighted by atomic mass is 32.2. The molecule has 7 nitrogen and oxygen atoms in total. The summed E-state index contributed by atoms with van der Waals surface area (Å²) in [6.45, 7) is 5.28. The topological polar surface area (TPSA) is 81.2 Å². The highest BCUT2D eigenvalue weighted by Gasteiger charge is 2.74. The highest BCUT2D eigenvalue weighted by Crippen LogP contribution is 2.66. The maximum Gasteiger partial charge on any atom is 0.247 e. The van der Waals surface area contributed by atoms with Gasteiger partial charge in [0, 0.05) is 30.1 Å². The van der Waals surface area contributed by atoms with E-state index < -0.39 is 33.4 Å². The molecule has 2 aromatic rings. The fourth-order valence-corrected chi connectivity index (χ4v) is 9.41. The summed E-state index contributed by atoms with van der Waals surface area (Å²) in [6, 6.07) is 17.4. The molecule has 1 N–H and O–H groups in total. The second-order valence-electron chi connectivity index (χ2n) is 11.6. The van der Waals surface area contributed by atoms with Gasteiger partial charge in [0.15, 0.2) is 0 Å². The van der Waals surface area contributed by atoms with E-state index in [1.165, 1.54) is 0 Å². The van der Waals surface area contributed by atoms with Crippen LogP contribution in [0.5, 0.6) is 0 Å². The van der Waals surface area contributed by atoms with Crippen LogP contribution in [0.15, 0.2) is 85.0 Å². The van der Waals surface area contributed by atoms with Crippen LogP contribution in [0.4, 0.5) is 5.69 Å². The smallest absolute Gasteiger partial charge is 0.247 e. The van der Waals surface area contributed by atoms with Crippen LogP contribution in [0.25, 0.3) is 0 Å². The van der Waals surface area contributed by atoms with Gasteiger partial charge in [0.1, 0.15) is 6.04 Å². The number of benzene rings is 2. The van der Waals surface area contributed by atoms with E-state index in [1.807, 2.05) is 90.7 Å². The summed E-state index contributed by atoms with van der Waals surface area (Å²) >= 11 is 1.57. The molecule has 0 saturated carbocycles. The number of para-hydroxylation sites is 1. The molecule has 4 aliphatic heterocycles. The van der Waals surface area contributed by atoms with E-state index in [1.54, 1.807) is 21.6 Å². The van der Waals surface area contributed by atoms with Crippen LogP contribution < -0.4 is 4.90 Å². The van der Waals surface area contributed by atoms with Gasteiger partial charge in [-0.2, -0.15) is 0 Å². The van der Waals surface area contributed by atoms with E-state index in [-0.39, 0.29) is 24.3 Å². The monoisotopic (exact) mass is 571 g/mol. The first-order chi connectivity index (χ1) is 19.9. The van der Waals surface area contributed by atoms with Gasteiger partial charge in [-0.25, -0.2) is 0 Å². The molecule has 2 saturated heterocycles. The minimum atomic E-state index is -0.948. The molecule has 2 fully saturated rings. The third-order valence-corrected chi connectivity index (χ3v) is 10.9. The number of carbonyl (C=O) groups is 3. The molecule has 0 radical (unpaired) electrons. The number of thioether (sulfide) groups is 1. The van der Waals surface area contributed by atoms with E-state index >= 15 is 0 Å². The highest BCUT2D eigenvalue weighted by molar-refractivity contribution is 8.02. The Morgan fingerprint density at radius 3 is 2.27 bits per heavy atom. The van der Waals surface area contributed by atoms with Gasteiger partial charge in [-0.05, 0) is 31.0 Å². The van der Waals surface area contributed by atoms with Gasteiger partial charge in [0.2, 0.25) is 17.7 Å². The molecule has 1 unspecified atom stereocenters. The van der Waals surface area contributed by atoms with Crippen molar-refractivity contribution in [2.24, 2.45) is 11.8 Å². The molecule has 8 heteroatoms. The van der Waals surface area contributed by atoms with Crippen molar-refractivity contribution in [1.29, 1.82) is 0 Å². The van der Waals surface area contributed by atoms with Crippen molar-refractivity contribution >= 4 is 35.2 Å². The molecule has 214 valence electrons. The lowest BCUT2D eigenvalue weighted by Crippen LogP contribution is -2.54. The van der Waals surface area contributed by atoms with Crippen LogP contribution in [-0.4, -0.2) is 74.4 Å². The first-order valence-corrected chi connectivity index (χ1v) is 15.4. The Morgan fingerprint density at radius 2 is 1.59 bits per heavy atom. The molecular weight excluding hydrogens is 534 g/mol. The number of hydrogen-bond acceptors (Lipinski definition) is 5. The molecule has 0 bridgehead atoms. The number of aliphatic hydroxyl groups is 1. The van der Waals surface area contributed by atoms with Crippen molar-refractivity contribution < 1.29 is 19.5 Å². The Morgan fingerprint density at radius 1 is 0.902 bits per heavy atom. The summed E-state index contributed by atoms with van der Waals surface area (Å²) in [6.07, 6.45) is 9.95. The molecule has 4 aliphatic rings. The van der Waals surface area contributed by atoms with Crippen molar-refractivity contribution in [1.82, 2.24) is 9.80 Å². The average Bonchev–Trinajstić information content (AvgIpc) is 3.26. The number of anilines is 1. The zero-order valence-corrected chi connectivity index (χ0v) is 24.4. The van der Waals surface area contributed by atoms with Crippen LogP contribution in [0.1, 0.15) is 38.3 Å². The molecule has 0 aromatic heterocycles. The molecule has 3 amide bonds. The van der Waals surface area contributed by atoms with Crippen molar-refractivity contribution in [3.8, 4) is 0 Å². The minimum Gasteiger partial charge on any atom is -0.394 e. The van der Waals surface area contributed by atoms with Gasteiger partial charge >= 0.3 is 0 Å². The Labute approximate surface area is 245 Å². The zero-order valence-electron chi connectivity index (χ0n) is 23.6. The lowest BCUT2D eigenvalue weighted by molar-refractivity contribution is -0.146. The quantitative estimate of drug-likeness (QED) is 0.504. The number of fused-ring (bicyclic) bond motifs is 2. The summed E-state index contributed by atoms with van der Waals surface area (Å²) < 4.78 is -1.63. The van der Waals surface area contributed by atoms with Crippen molar-refractivity contribution in [3.63, 3.8) is 0 Å². The van der Waals surface area contributed by atoms with Crippen molar-refractivity contribution in [2.75, 3.05) is 31.1 Å². The first kappa shape index (κ1) is 27.8. The largest absolute Gasteiger partial charge is 0.394 e. The van der Waals surface area contributed by atoms with Crippen LogP contribution in [-0.2, 0) is 14.4 Å². The standard InChI is InChI=1S/C33H37N3O4S/c1-3-4-19-34-20-12-18-33-27(30(39)36(28(33)31(34)40)25(22-37)23-13-7-5-8-14-23)26-29(38)35(24-15-9-6-10-16-24)21-11-17-32(26,2)41-33/h5-18,25-28,37H,3-4,19-22H2,1-2H3/t25-,26+,27+,28?,32-,33+/m1/s1. The van der Waals surface area contributed by atoms with E-state index in [0.717, 1.165) is 24.1 Å². The number of nitrogens with zero attached hydrogens (tertiary/aromatic N) is 3. The van der Waals surface area contributed by atoms with E-state index in [0.29, 0.717) is 19.6 Å². The predicted octanol–water partition coefficient (Wildman–Crippen LogP) is 4.21. The molecule has 6 rings (SSSR count). The fraction of sp³-hybridized carbons (Fsp3) is 0.424. The van der Waals surface area contributed by atoms with Gasteiger partial charge in [-0.1, -0.05) is 86.2 Å². The SMILES string of the molecule is CCCCN1CC=C[C@]23S[C@]4(C)C=CCN(c5ccccc5)C(=O)[C@@H]4[C@H]2C(=O)N([C@H](CO)c2ccccc2)C3C1=O. The molecule has 41 heavy (non-hydrogen) atoms. The lowest BCUT2D eigenvalue weighted by atomic mass is 9.74. The molecular formula is C33H37N3O4S. The molecule has 6 atom stereocenters. The summed E-state index contributed by atoms with van der Waals surface area (Å²) in [5.41, 5.74) is 1.55. The van der Waals surface area contributed by atoms with Crippen LogP contribution in [0, 0.1) is 11.8 Å². The third kappa shape index (κ3) is 4.34. The summed E-state index contributed by atoms with van der Waals surface area (Å²) in [5.74, 6) is -1.90. The summed E-state index contributed by atoms with van der Waals surface area (Å²) in [5, 5.41) is 10.7. The second kappa shape index (κ2) is 10.8. The summed E-state index contributed by atoms with van der Waals surface area (Å²) in [7, 11) is 0. The maximum atomic E-state index is 14.8. The number of rotatable bonds is 7. The van der Waals surface area contributed by atoms with Crippen LogP contribution in [0.3, 0.4) is 0 Å². The lowest BCUT2D eigenvalue weighted by Gasteiger charge is -2.40. The van der Waals surface area contributed by atoms with Crippen molar-refractivity contribution in [2.45, 2.75) is 48.3 Å². The Balaban J connectivity index is 1.50. The Hall–Kier alpha value is -3.36. The van der Waals surface area contributed by atoms with Gasteiger partial charge in [-0.15, -0.1) is 11.8 Å². The fourth-order valence-electron chi connectivity index (χ4n) is 7.26. The number of likely N-dealkylation sites (tertiary alicyclic amines) is 1. The van der Waals surface area contributed by atoms with Gasteiger partial charge in [-0.3, -0.25) is 14.4 Å². The predicted molar refractivity (Wildman–Crippen MR) is 161 cm³/mol. The molecule has 0 aliphatic carbocycles. The summed E-state index contributed by atoms with van der Waals surface area (Å²) in [4.78, 5) is 49.0. The van der Waals surface area contributed by atoms with E-state index in [9.17, 15) is 19.5 Å². The number of unbranched alkanes of at least 4 members (excludes halogenated alkanes) is 1. The Kier molecular flexibility index (Phi) is 7.32. The number of aliphatic hydroxyl groups excluding tert-OH is 1. The van der Waals surface area contributed by atoms with Gasteiger partial charge < -0.3 is 19.8 Å². The molecule has 2 aromatic carbocycles. The molecule has 4 heterocycles. The molecule has 1 spiro atoms. The van der Waals surface area contributed by atoms with Crippen molar-refractivity contribution in [3.05, 3.63) is 90.5 Å². The zero-order chi connectivity index (χ0) is 28.8. The maximum absolute atomic E-state index is 14.8. The minimum absolute atomic E-state index is 0.111. The number of hydrogen-bond donors (Lipinski definition) is 1. The normalized spacial score (nSPS) is 31.5. The van der Waals surface area contributed by atoms with E-state index in [4.69, 9.17) is 0 Å². The third-order valence-electron chi connectivity index (χ3n) is 9.12. The van der Waals surface area contributed by atoms with Gasteiger partial charge in [0.05, 0.1) is 29.2 Å². The number of carbonyl (C=O) groups excluding carboxylic acids is 3. The first-order valence-electron chi connectivity index (χ1n) is 14.5. The van der Waals surface area contributed by atoms with Crippen LogP contribution in [0.2, 0.25) is 0 Å².